The lowest BCUT2D eigenvalue weighted by Gasteiger charge is -2.57. The second-order valence-corrected chi connectivity index (χ2v) is 9.20. The van der Waals surface area contributed by atoms with Gasteiger partial charge < -0.3 is 9.84 Å². The highest BCUT2D eigenvalue weighted by atomic mass is 16.5. The van der Waals surface area contributed by atoms with Gasteiger partial charge in [-0.2, -0.15) is 0 Å². The minimum atomic E-state index is -0.630. The number of ether oxygens (including phenoxy) is 1. The molecule has 0 radical (unpaired) electrons. The molecule has 148 valence electrons. The summed E-state index contributed by atoms with van der Waals surface area (Å²) in [5, 5.41) is 9.90. The van der Waals surface area contributed by atoms with Gasteiger partial charge in [0.25, 0.3) is 0 Å². The predicted octanol–water partition coefficient (Wildman–Crippen LogP) is 5.22. The molecule has 5 atom stereocenters. The number of allylic oxidation sites excluding steroid dienone is 1. The molecule has 0 saturated heterocycles. The molecule has 2 saturated carbocycles. The molecule has 1 N–H and O–H groups in total. The second-order valence-electron chi connectivity index (χ2n) is 9.20. The molecular formula is C22H36O4. The lowest BCUT2D eigenvalue weighted by Crippen LogP contribution is -2.53. The first-order valence-corrected chi connectivity index (χ1v) is 10.2. The molecule has 4 nitrogen and oxygen atoms in total. The molecule has 2 aliphatic carbocycles. The standard InChI is InChI=1S/C22H36O4/c1-15(11-14-26-17(3)23)7-9-18-16(2)8-10-19-21(18,4)12-6-13-22(19,5)20(24)25/h15,18-19H,2,6-14H2,1,3-5H3,(H,24,25)/t15-,18+,19+,21-,22+/m1/s1. The molecule has 0 amide bonds. The highest BCUT2D eigenvalue weighted by Gasteiger charge is 2.57. The van der Waals surface area contributed by atoms with Crippen LogP contribution in [0.25, 0.3) is 0 Å². The van der Waals surface area contributed by atoms with Gasteiger partial charge in [0, 0.05) is 6.92 Å². The van der Waals surface area contributed by atoms with Gasteiger partial charge in [0.15, 0.2) is 0 Å². The third-order valence-electron chi connectivity index (χ3n) is 7.37. The summed E-state index contributed by atoms with van der Waals surface area (Å²) in [4.78, 5) is 22.9. The van der Waals surface area contributed by atoms with Crippen molar-refractivity contribution in [3.63, 3.8) is 0 Å². The number of hydrogen-bond acceptors (Lipinski definition) is 3. The molecule has 0 aromatic carbocycles. The maximum absolute atomic E-state index is 12.0. The van der Waals surface area contributed by atoms with Crippen molar-refractivity contribution < 1.29 is 19.4 Å². The van der Waals surface area contributed by atoms with Crippen LogP contribution in [-0.2, 0) is 14.3 Å². The highest BCUT2D eigenvalue weighted by Crippen LogP contribution is 2.62. The topological polar surface area (TPSA) is 63.6 Å². The number of carbonyl (C=O) groups excluding carboxylic acids is 1. The van der Waals surface area contributed by atoms with Crippen molar-refractivity contribution in [2.45, 2.75) is 79.1 Å². The van der Waals surface area contributed by atoms with E-state index < -0.39 is 11.4 Å². The van der Waals surface area contributed by atoms with Crippen molar-refractivity contribution >= 4 is 11.9 Å². The zero-order valence-electron chi connectivity index (χ0n) is 17.0. The summed E-state index contributed by atoms with van der Waals surface area (Å²) in [5.74, 6) is 0.267. The van der Waals surface area contributed by atoms with Crippen LogP contribution < -0.4 is 0 Å². The molecular weight excluding hydrogens is 328 g/mol. The maximum atomic E-state index is 12.0. The average Bonchev–Trinajstić information content (AvgIpc) is 2.53. The third kappa shape index (κ3) is 4.15. The zero-order chi connectivity index (χ0) is 19.5. The van der Waals surface area contributed by atoms with Crippen LogP contribution in [0.2, 0.25) is 0 Å². The molecule has 0 unspecified atom stereocenters. The Labute approximate surface area is 158 Å². The molecule has 2 aliphatic rings. The van der Waals surface area contributed by atoms with Gasteiger partial charge in [-0.3, -0.25) is 9.59 Å². The van der Waals surface area contributed by atoms with Gasteiger partial charge in [-0.05, 0) is 75.0 Å². The number of rotatable bonds is 7. The number of esters is 1. The van der Waals surface area contributed by atoms with E-state index in [-0.39, 0.29) is 17.3 Å². The lowest BCUT2D eigenvalue weighted by molar-refractivity contribution is -0.164. The lowest BCUT2D eigenvalue weighted by atomic mass is 9.46. The molecule has 0 heterocycles. The summed E-state index contributed by atoms with van der Waals surface area (Å²) in [6.07, 6.45) is 7.80. The van der Waals surface area contributed by atoms with Crippen LogP contribution in [0.3, 0.4) is 0 Å². The van der Waals surface area contributed by atoms with Gasteiger partial charge in [-0.15, -0.1) is 0 Å². The Bertz CT molecular complexity index is 554. The maximum Gasteiger partial charge on any atom is 0.309 e. The van der Waals surface area contributed by atoms with Crippen LogP contribution in [0.1, 0.15) is 79.1 Å². The molecule has 2 rings (SSSR count). The van der Waals surface area contributed by atoms with E-state index in [9.17, 15) is 14.7 Å². The van der Waals surface area contributed by atoms with Gasteiger partial charge in [-0.1, -0.05) is 32.4 Å². The largest absolute Gasteiger partial charge is 0.481 e. The molecule has 0 aromatic rings. The van der Waals surface area contributed by atoms with Crippen LogP contribution in [0.4, 0.5) is 0 Å². The van der Waals surface area contributed by atoms with Gasteiger partial charge in [-0.25, -0.2) is 0 Å². The number of carboxylic acids is 1. The SMILES string of the molecule is C=C1CC[C@H]2[C@](C)(CCC[C@]2(C)C(=O)O)[C@H]1CC[C@@H](C)CCOC(C)=O. The molecule has 2 fully saturated rings. The fourth-order valence-electron chi connectivity index (χ4n) is 5.74. The Morgan fingerprint density at radius 3 is 2.62 bits per heavy atom. The monoisotopic (exact) mass is 364 g/mol. The average molecular weight is 365 g/mol. The third-order valence-corrected chi connectivity index (χ3v) is 7.37. The summed E-state index contributed by atoms with van der Waals surface area (Å²) in [6, 6.07) is 0. The summed E-state index contributed by atoms with van der Waals surface area (Å²) in [6.45, 7) is 12.8. The van der Waals surface area contributed by atoms with Crippen molar-refractivity contribution in [2.75, 3.05) is 6.61 Å². The Morgan fingerprint density at radius 2 is 2.00 bits per heavy atom. The van der Waals surface area contributed by atoms with Crippen molar-refractivity contribution in [2.24, 2.45) is 28.6 Å². The Hall–Kier alpha value is -1.32. The predicted molar refractivity (Wildman–Crippen MR) is 103 cm³/mol. The minimum Gasteiger partial charge on any atom is -0.481 e. The smallest absolute Gasteiger partial charge is 0.309 e. The number of aliphatic carboxylic acids is 1. The summed E-state index contributed by atoms with van der Waals surface area (Å²) >= 11 is 0. The molecule has 0 spiro atoms. The van der Waals surface area contributed by atoms with Crippen LogP contribution in [0, 0.1) is 28.6 Å². The van der Waals surface area contributed by atoms with E-state index in [1.54, 1.807) is 0 Å². The quantitative estimate of drug-likeness (QED) is 0.497. The molecule has 0 aromatic heterocycles. The van der Waals surface area contributed by atoms with Crippen molar-refractivity contribution in [1.82, 2.24) is 0 Å². The molecule has 0 bridgehead atoms. The minimum absolute atomic E-state index is 0.0380. The first-order valence-electron chi connectivity index (χ1n) is 10.2. The van der Waals surface area contributed by atoms with E-state index in [2.05, 4.69) is 20.4 Å². The zero-order valence-corrected chi connectivity index (χ0v) is 17.0. The van der Waals surface area contributed by atoms with Gasteiger partial charge in [0.05, 0.1) is 12.0 Å². The number of fused-ring (bicyclic) bond motifs is 1. The fraction of sp³-hybridized carbons (Fsp3) is 0.818. The van der Waals surface area contributed by atoms with E-state index in [0.29, 0.717) is 18.4 Å². The molecule has 4 heteroatoms. The van der Waals surface area contributed by atoms with E-state index in [4.69, 9.17) is 4.74 Å². The van der Waals surface area contributed by atoms with Crippen LogP contribution in [-0.4, -0.2) is 23.7 Å². The normalized spacial score (nSPS) is 35.5. The number of carboxylic acid groups (broad SMARTS) is 1. The fourth-order valence-corrected chi connectivity index (χ4v) is 5.74. The second kappa shape index (κ2) is 8.14. The van der Waals surface area contributed by atoms with Crippen molar-refractivity contribution in [1.29, 1.82) is 0 Å². The Kier molecular flexibility index (Phi) is 6.57. The van der Waals surface area contributed by atoms with Crippen LogP contribution >= 0.6 is 0 Å². The number of carbonyl (C=O) groups is 2. The van der Waals surface area contributed by atoms with E-state index in [1.165, 1.54) is 12.5 Å². The molecule has 0 aliphatic heterocycles. The van der Waals surface area contributed by atoms with Gasteiger partial charge in [0.2, 0.25) is 0 Å². The first kappa shape index (κ1) is 21.0. The van der Waals surface area contributed by atoms with Crippen molar-refractivity contribution in [3.05, 3.63) is 12.2 Å². The first-order chi connectivity index (χ1) is 12.1. The van der Waals surface area contributed by atoms with E-state index >= 15 is 0 Å². The van der Waals surface area contributed by atoms with Crippen LogP contribution in [0.5, 0.6) is 0 Å². The van der Waals surface area contributed by atoms with Crippen LogP contribution in [0.15, 0.2) is 12.2 Å². The highest BCUT2D eigenvalue weighted by molar-refractivity contribution is 5.75. The Balaban J connectivity index is 2.06. The Morgan fingerprint density at radius 1 is 1.31 bits per heavy atom. The summed E-state index contributed by atoms with van der Waals surface area (Å²) < 4.78 is 5.06. The summed E-state index contributed by atoms with van der Waals surface area (Å²) in [7, 11) is 0. The summed E-state index contributed by atoms with van der Waals surface area (Å²) in [5.41, 5.74) is 0.744. The van der Waals surface area contributed by atoms with E-state index in [1.807, 2.05) is 6.92 Å². The van der Waals surface area contributed by atoms with E-state index in [0.717, 1.165) is 51.4 Å². The van der Waals surface area contributed by atoms with Gasteiger partial charge >= 0.3 is 11.9 Å². The molecule has 26 heavy (non-hydrogen) atoms. The number of hydrogen-bond donors (Lipinski definition) is 1. The van der Waals surface area contributed by atoms with Gasteiger partial charge in [0.1, 0.15) is 0 Å². The van der Waals surface area contributed by atoms with Crippen molar-refractivity contribution in [3.8, 4) is 0 Å².